The van der Waals surface area contributed by atoms with Crippen molar-refractivity contribution in [3.63, 3.8) is 0 Å². The maximum absolute atomic E-state index is 12.4. The second kappa shape index (κ2) is 11.3. The van der Waals surface area contributed by atoms with E-state index in [-0.39, 0.29) is 30.2 Å². The molecule has 3 rings (SSSR count). The van der Waals surface area contributed by atoms with Gasteiger partial charge < -0.3 is 26.6 Å². The smallest absolute Gasteiger partial charge is 0.224 e. The number of phenolic OH excluding ortho intramolecular Hbond substituents is 1. The fourth-order valence-corrected chi connectivity index (χ4v) is 3.86. The van der Waals surface area contributed by atoms with Crippen molar-refractivity contribution in [3.05, 3.63) is 88.1 Å². The highest BCUT2D eigenvalue weighted by Gasteiger charge is 2.20. The lowest BCUT2D eigenvalue weighted by Gasteiger charge is -2.28. The molecule has 0 saturated heterocycles. The number of aromatic nitrogens is 1. The summed E-state index contributed by atoms with van der Waals surface area (Å²) in [6.07, 6.45) is 1.83. The maximum atomic E-state index is 12.4. The molecule has 1 aromatic heterocycles. The Balaban J connectivity index is 1.52. The Labute approximate surface area is 205 Å². The number of nitrogens with zero attached hydrogens (tertiary/aromatic N) is 1. The van der Waals surface area contributed by atoms with Gasteiger partial charge in [-0.1, -0.05) is 41.9 Å². The fraction of sp³-hybridized carbons (Fsp3) is 0.308. The summed E-state index contributed by atoms with van der Waals surface area (Å²) in [6, 6.07) is 16.1. The number of hydrogen-bond acceptors (Lipinski definition) is 6. The monoisotopic (exact) mass is 482 g/mol. The van der Waals surface area contributed by atoms with Gasteiger partial charge in [0, 0.05) is 41.0 Å². The predicted molar refractivity (Wildman–Crippen MR) is 135 cm³/mol. The molecular weight excluding hydrogens is 452 g/mol. The first-order chi connectivity index (χ1) is 16.1. The number of benzene rings is 2. The summed E-state index contributed by atoms with van der Waals surface area (Å²) in [4.78, 5) is 16.5. The third-order valence-corrected chi connectivity index (χ3v) is 5.72. The van der Waals surface area contributed by atoms with Crippen molar-refractivity contribution in [1.82, 2.24) is 15.6 Å². The van der Waals surface area contributed by atoms with E-state index in [1.54, 1.807) is 30.5 Å². The number of carbonyl (C=O) groups is 1. The molecule has 0 aliphatic carbocycles. The number of hydrogen-bond donors (Lipinski definition) is 5. The van der Waals surface area contributed by atoms with Crippen molar-refractivity contribution in [2.75, 3.05) is 12.3 Å². The van der Waals surface area contributed by atoms with Crippen LogP contribution in [0.4, 0.5) is 5.82 Å². The second-order valence-electron chi connectivity index (χ2n) is 9.02. The Morgan fingerprint density at radius 1 is 1.15 bits per heavy atom. The molecule has 0 spiro atoms. The van der Waals surface area contributed by atoms with Crippen LogP contribution in [0.5, 0.6) is 5.75 Å². The van der Waals surface area contributed by atoms with Gasteiger partial charge in [0.05, 0.1) is 12.5 Å². The Morgan fingerprint density at radius 3 is 2.65 bits per heavy atom. The molecule has 1 atom stereocenters. The summed E-state index contributed by atoms with van der Waals surface area (Å²) in [6.45, 7) is 4.71. The third-order valence-electron chi connectivity index (χ3n) is 5.49. The van der Waals surface area contributed by atoms with Gasteiger partial charge in [0.15, 0.2) is 0 Å². The standard InChI is InChI=1S/C26H31ClN4O3/c1-26(2,31-16-23(33)19-6-9-24(28)29-14-19)13-18-5-3-4-17(10-18)11-25(34)30-15-20-12-21(27)7-8-22(20)32/h3-10,12,14,23,31-33H,11,13,15-16H2,1-2H3,(H2,28,29)(H,30,34)/t23-/m0/s1. The van der Waals surface area contributed by atoms with Gasteiger partial charge in [0.2, 0.25) is 5.91 Å². The van der Waals surface area contributed by atoms with Gasteiger partial charge in [0.25, 0.3) is 0 Å². The Bertz CT molecular complexity index is 1120. The first-order valence-electron chi connectivity index (χ1n) is 11.1. The summed E-state index contributed by atoms with van der Waals surface area (Å²) in [5.74, 6) is 0.369. The van der Waals surface area contributed by atoms with Crippen molar-refractivity contribution in [1.29, 1.82) is 0 Å². The van der Waals surface area contributed by atoms with Gasteiger partial charge in [-0.05, 0) is 55.7 Å². The lowest BCUT2D eigenvalue weighted by Crippen LogP contribution is -2.43. The van der Waals surface area contributed by atoms with Crippen LogP contribution in [0.25, 0.3) is 0 Å². The minimum absolute atomic E-state index is 0.0965. The largest absolute Gasteiger partial charge is 0.508 e. The number of rotatable bonds is 10. The Hall–Kier alpha value is -3.13. The predicted octanol–water partition coefficient (Wildman–Crippen LogP) is 3.53. The number of nitrogens with two attached hydrogens (primary N) is 1. The molecule has 34 heavy (non-hydrogen) atoms. The minimum atomic E-state index is -0.693. The Morgan fingerprint density at radius 2 is 1.91 bits per heavy atom. The first-order valence-corrected chi connectivity index (χ1v) is 11.5. The number of aliphatic hydroxyl groups excluding tert-OH is 1. The summed E-state index contributed by atoms with van der Waals surface area (Å²) in [7, 11) is 0. The van der Waals surface area contributed by atoms with Crippen LogP contribution in [0.1, 0.15) is 42.2 Å². The van der Waals surface area contributed by atoms with Crippen LogP contribution in [0.15, 0.2) is 60.8 Å². The number of nitrogens with one attached hydrogen (secondary N) is 2. The third kappa shape index (κ3) is 7.73. The van der Waals surface area contributed by atoms with E-state index in [0.29, 0.717) is 34.9 Å². The van der Waals surface area contributed by atoms with Gasteiger partial charge in [-0.3, -0.25) is 4.79 Å². The van der Waals surface area contributed by atoms with Crippen molar-refractivity contribution in [2.45, 2.75) is 44.9 Å². The molecule has 0 aliphatic rings. The zero-order valence-electron chi connectivity index (χ0n) is 19.4. The van der Waals surface area contributed by atoms with Gasteiger partial charge in [-0.25, -0.2) is 4.98 Å². The molecule has 0 saturated carbocycles. The second-order valence-corrected chi connectivity index (χ2v) is 9.46. The molecule has 1 amide bonds. The molecule has 1 heterocycles. The molecule has 6 N–H and O–H groups in total. The summed E-state index contributed by atoms with van der Waals surface area (Å²) >= 11 is 5.96. The minimum Gasteiger partial charge on any atom is -0.508 e. The number of anilines is 1. The van der Waals surface area contributed by atoms with Crippen LogP contribution in [0.2, 0.25) is 5.02 Å². The average Bonchev–Trinajstić information content (AvgIpc) is 2.78. The number of nitrogen functional groups attached to an aromatic ring is 1. The molecule has 8 heteroatoms. The van der Waals surface area contributed by atoms with E-state index in [1.165, 1.54) is 6.07 Å². The van der Waals surface area contributed by atoms with Gasteiger partial charge in [-0.15, -0.1) is 0 Å². The van der Waals surface area contributed by atoms with E-state index in [4.69, 9.17) is 17.3 Å². The topological polar surface area (TPSA) is 120 Å². The summed E-state index contributed by atoms with van der Waals surface area (Å²) in [5, 5.41) is 27.1. The van der Waals surface area contributed by atoms with E-state index in [9.17, 15) is 15.0 Å². The lowest BCUT2D eigenvalue weighted by molar-refractivity contribution is -0.120. The molecule has 7 nitrogen and oxygen atoms in total. The highest BCUT2D eigenvalue weighted by atomic mass is 35.5. The van der Waals surface area contributed by atoms with Crippen LogP contribution < -0.4 is 16.4 Å². The van der Waals surface area contributed by atoms with Crippen molar-refractivity contribution >= 4 is 23.3 Å². The summed E-state index contributed by atoms with van der Waals surface area (Å²) in [5.41, 5.74) is 8.57. The Kier molecular flexibility index (Phi) is 8.50. The SMILES string of the molecule is CC(C)(Cc1cccc(CC(=O)NCc2cc(Cl)ccc2O)c1)NC[C@H](O)c1ccc(N)nc1. The number of amides is 1. The van der Waals surface area contributed by atoms with Crippen LogP contribution in [0, 0.1) is 0 Å². The highest BCUT2D eigenvalue weighted by Crippen LogP contribution is 2.21. The van der Waals surface area contributed by atoms with E-state index in [0.717, 1.165) is 11.1 Å². The van der Waals surface area contributed by atoms with E-state index < -0.39 is 6.10 Å². The van der Waals surface area contributed by atoms with Crippen molar-refractivity contribution in [2.24, 2.45) is 0 Å². The van der Waals surface area contributed by atoms with E-state index >= 15 is 0 Å². The number of carbonyl (C=O) groups excluding carboxylic acids is 1. The quantitative estimate of drug-likeness (QED) is 0.301. The number of halogens is 1. The molecule has 3 aromatic rings. The molecule has 180 valence electrons. The molecule has 2 aromatic carbocycles. The van der Waals surface area contributed by atoms with Gasteiger partial charge in [0.1, 0.15) is 11.6 Å². The normalized spacial score (nSPS) is 12.4. The first kappa shape index (κ1) is 25.5. The van der Waals surface area contributed by atoms with Gasteiger partial charge >= 0.3 is 0 Å². The number of β-amino-alcohol motifs (C(OH)–C–C–N with tert-alkyl or cyclic N) is 1. The molecule has 0 radical (unpaired) electrons. The number of pyridine rings is 1. The van der Waals surface area contributed by atoms with E-state index in [1.807, 2.05) is 24.3 Å². The van der Waals surface area contributed by atoms with Crippen molar-refractivity contribution in [3.8, 4) is 5.75 Å². The lowest BCUT2D eigenvalue weighted by atomic mass is 9.93. The molecule has 0 bridgehead atoms. The molecule has 0 aliphatic heterocycles. The van der Waals surface area contributed by atoms with Crippen LogP contribution in [-0.2, 0) is 24.2 Å². The van der Waals surface area contributed by atoms with Crippen LogP contribution >= 0.6 is 11.6 Å². The average molecular weight is 483 g/mol. The van der Waals surface area contributed by atoms with Crippen molar-refractivity contribution < 1.29 is 15.0 Å². The maximum Gasteiger partial charge on any atom is 0.224 e. The summed E-state index contributed by atoms with van der Waals surface area (Å²) < 4.78 is 0. The zero-order valence-corrected chi connectivity index (χ0v) is 20.1. The van der Waals surface area contributed by atoms with Gasteiger partial charge in [-0.2, -0.15) is 0 Å². The molecule has 0 fully saturated rings. The number of aliphatic hydroxyl groups is 1. The van der Waals surface area contributed by atoms with E-state index in [2.05, 4.69) is 29.5 Å². The number of phenols is 1. The molecular formula is C26H31ClN4O3. The van der Waals surface area contributed by atoms with Crippen LogP contribution in [0.3, 0.4) is 0 Å². The zero-order chi connectivity index (χ0) is 24.7. The molecule has 0 unspecified atom stereocenters. The highest BCUT2D eigenvalue weighted by molar-refractivity contribution is 6.30. The van der Waals surface area contributed by atoms with Crippen LogP contribution in [-0.4, -0.2) is 33.2 Å². The fourth-order valence-electron chi connectivity index (χ4n) is 3.66. The number of aromatic hydroxyl groups is 1.